The zero-order chi connectivity index (χ0) is 32.1. The lowest BCUT2D eigenvalue weighted by molar-refractivity contribution is -0.152. The van der Waals surface area contributed by atoms with Gasteiger partial charge in [-0.25, -0.2) is 4.90 Å². The molecule has 1 heterocycles. The van der Waals surface area contributed by atoms with Crippen molar-refractivity contribution in [2.75, 3.05) is 11.9 Å². The zero-order valence-corrected chi connectivity index (χ0v) is 24.1. The van der Waals surface area contributed by atoms with Crippen LogP contribution < -0.4 is 4.90 Å². The first-order valence-electron chi connectivity index (χ1n) is 13.2. The molecule has 0 saturated carbocycles. The van der Waals surface area contributed by atoms with Gasteiger partial charge in [0.2, 0.25) is 17.7 Å². The van der Waals surface area contributed by atoms with Crippen LogP contribution in [0.4, 0.5) is 32.0 Å². The predicted octanol–water partition coefficient (Wildman–Crippen LogP) is 6.50. The largest absolute Gasteiger partial charge is 0.417 e. The van der Waals surface area contributed by atoms with E-state index in [1.807, 2.05) is 0 Å². The predicted molar refractivity (Wildman–Crippen MR) is 143 cm³/mol. The SMILES string of the molecule is CC1C(=O)N(c2ccc(-c3ccc(C(C)(C)C)cc3C(F)(F)F)c(C(F)(F)F)c2)C(=O)C(C=O)C1C(=O)N(C)C(C)C. The Kier molecular flexibility index (Phi) is 8.73. The lowest BCUT2D eigenvalue weighted by Gasteiger charge is -2.39. The zero-order valence-electron chi connectivity index (χ0n) is 24.1. The molecule has 1 aliphatic rings. The molecule has 0 spiro atoms. The normalized spacial score (nSPS) is 20.2. The van der Waals surface area contributed by atoms with E-state index in [0.29, 0.717) is 11.0 Å². The Morgan fingerprint density at radius 2 is 1.38 bits per heavy atom. The fourth-order valence-corrected chi connectivity index (χ4v) is 4.95. The molecule has 0 N–H and O–H groups in total. The van der Waals surface area contributed by atoms with Crippen LogP contribution in [0.15, 0.2) is 36.4 Å². The van der Waals surface area contributed by atoms with Crippen LogP contribution in [0, 0.1) is 17.8 Å². The molecule has 3 amide bonds. The van der Waals surface area contributed by atoms with Crippen LogP contribution in [0.2, 0.25) is 0 Å². The molecule has 3 unspecified atom stereocenters. The van der Waals surface area contributed by atoms with Crippen molar-refractivity contribution < 1.29 is 45.5 Å². The van der Waals surface area contributed by atoms with E-state index in [-0.39, 0.29) is 17.9 Å². The maximum atomic E-state index is 14.3. The lowest BCUT2D eigenvalue weighted by atomic mass is 9.76. The number of piperidine rings is 1. The summed E-state index contributed by atoms with van der Waals surface area (Å²) in [6.45, 7) is 9.64. The van der Waals surface area contributed by atoms with Crippen LogP contribution in [0.25, 0.3) is 11.1 Å². The molecule has 1 aliphatic heterocycles. The van der Waals surface area contributed by atoms with Crippen LogP contribution in [0.3, 0.4) is 0 Å². The molecule has 0 bridgehead atoms. The molecule has 12 heteroatoms. The highest BCUT2D eigenvalue weighted by Gasteiger charge is 2.51. The number of hydrogen-bond acceptors (Lipinski definition) is 4. The van der Waals surface area contributed by atoms with Crippen LogP contribution in [-0.4, -0.2) is 42.0 Å². The number of hydrogen-bond donors (Lipinski definition) is 0. The molecule has 1 saturated heterocycles. The minimum absolute atomic E-state index is 0.181. The van der Waals surface area contributed by atoms with Gasteiger partial charge in [0.15, 0.2) is 0 Å². The summed E-state index contributed by atoms with van der Waals surface area (Å²) in [7, 11) is 1.43. The number of imide groups is 1. The van der Waals surface area contributed by atoms with Crippen molar-refractivity contribution in [3.63, 3.8) is 0 Å². The van der Waals surface area contributed by atoms with Crippen LogP contribution >= 0.6 is 0 Å². The molecule has 3 rings (SSSR count). The Balaban J connectivity index is 2.20. The van der Waals surface area contributed by atoms with E-state index >= 15 is 0 Å². The van der Waals surface area contributed by atoms with Gasteiger partial charge in [-0.1, -0.05) is 45.9 Å². The summed E-state index contributed by atoms with van der Waals surface area (Å²) in [4.78, 5) is 53.3. The first-order chi connectivity index (χ1) is 19.1. The second-order valence-electron chi connectivity index (χ2n) is 11.8. The second kappa shape index (κ2) is 11.2. The number of amides is 3. The molecule has 228 valence electrons. The van der Waals surface area contributed by atoms with Gasteiger partial charge in [-0.3, -0.25) is 14.4 Å². The maximum Gasteiger partial charge on any atom is 0.417 e. The highest BCUT2D eigenvalue weighted by molar-refractivity contribution is 6.23. The van der Waals surface area contributed by atoms with E-state index in [9.17, 15) is 45.5 Å². The monoisotopic (exact) mass is 598 g/mol. The summed E-state index contributed by atoms with van der Waals surface area (Å²) in [6.07, 6.45) is -10.00. The molecule has 1 fully saturated rings. The van der Waals surface area contributed by atoms with Gasteiger partial charge in [-0.2, -0.15) is 26.3 Å². The average Bonchev–Trinajstić information content (AvgIpc) is 2.87. The minimum atomic E-state index is -5.19. The molecule has 2 aromatic carbocycles. The number of alkyl halides is 6. The van der Waals surface area contributed by atoms with Crippen molar-refractivity contribution in [2.24, 2.45) is 17.8 Å². The summed E-state index contributed by atoms with van der Waals surface area (Å²) >= 11 is 0. The summed E-state index contributed by atoms with van der Waals surface area (Å²) in [5.41, 5.74) is -5.36. The fourth-order valence-electron chi connectivity index (χ4n) is 4.95. The highest BCUT2D eigenvalue weighted by atomic mass is 19.4. The minimum Gasteiger partial charge on any atom is -0.343 e. The van der Waals surface area contributed by atoms with Crippen molar-refractivity contribution in [3.8, 4) is 11.1 Å². The van der Waals surface area contributed by atoms with Crippen molar-refractivity contribution in [3.05, 3.63) is 53.1 Å². The first kappa shape index (κ1) is 32.8. The molecular weight excluding hydrogens is 566 g/mol. The third-order valence-electron chi connectivity index (χ3n) is 7.64. The number of aldehydes is 1. The standard InChI is InChI=1S/C30H32F6N2O4/c1-15(2)37(7)27(42)24-16(3)25(40)38(26(41)21(24)14-39)18-9-11-20(23(13-18)30(34,35)36)19-10-8-17(28(4,5)6)12-22(19)29(31,32)33/h8-16,21,24H,1-7H3. The van der Waals surface area contributed by atoms with Gasteiger partial charge in [0.1, 0.15) is 12.2 Å². The Labute approximate surface area is 239 Å². The van der Waals surface area contributed by atoms with Gasteiger partial charge < -0.3 is 9.69 Å². The maximum absolute atomic E-state index is 14.3. The third kappa shape index (κ3) is 6.07. The smallest absolute Gasteiger partial charge is 0.343 e. The van der Waals surface area contributed by atoms with E-state index in [1.54, 1.807) is 34.6 Å². The summed E-state index contributed by atoms with van der Waals surface area (Å²) < 4.78 is 85.3. The van der Waals surface area contributed by atoms with Gasteiger partial charge in [0.25, 0.3) is 0 Å². The van der Waals surface area contributed by atoms with Crippen molar-refractivity contribution in [1.29, 1.82) is 0 Å². The second-order valence-corrected chi connectivity index (χ2v) is 11.8. The van der Waals surface area contributed by atoms with Crippen LogP contribution in [-0.2, 0) is 36.9 Å². The van der Waals surface area contributed by atoms with E-state index in [0.717, 1.165) is 24.3 Å². The number of halogens is 6. The lowest BCUT2D eigenvalue weighted by Crippen LogP contribution is -2.58. The molecule has 0 aliphatic carbocycles. The van der Waals surface area contributed by atoms with E-state index in [1.165, 1.54) is 24.9 Å². The summed E-state index contributed by atoms with van der Waals surface area (Å²) in [5, 5.41) is 0. The molecule has 0 radical (unpaired) electrons. The third-order valence-corrected chi connectivity index (χ3v) is 7.64. The quantitative estimate of drug-likeness (QED) is 0.171. The highest BCUT2D eigenvalue weighted by Crippen LogP contribution is 2.46. The Morgan fingerprint density at radius 1 is 0.881 bits per heavy atom. The summed E-state index contributed by atoms with van der Waals surface area (Å²) in [6, 6.07) is 4.87. The van der Waals surface area contributed by atoms with Crippen molar-refractivity contribution in [2.45, 2.75) is 65.4 Å². The van der Waals surface area contributed by atoms with E-state index in [2.05, 4.69) is 0 Å². The van der Waals surface area contributed by atoms with Gasteiger partial charge in [-0.05, 0) is 54.2 Å². The number of anilines is 1. The summed E-state index contributed by atoms with van der Waals surface area (Å²) in [5.74, 6) is -7.16. The Hall–Kier alpha value is -3.70. The molecular formula is C30H32F6N2O4. The Bertz CT molecular complexity index is 1410. The van der Waals surface area contributed by atoms with Crippen molar-refractivity contribution >= 4 is 29.7 Å². The topological polar surface area (TPSA) is 74.8 Å². The Morgan fingerprint density at radius 3 is 1.83 bits per heavy atom. The van der Waals surface area contributed by atoms with Gasteiger partial charge in [-0.15, -0.1) is 0 Å². The number of carbonyl (C=O) groups excluding carboxylic acids is 4. The number of rotatable bonds is 5. The van der Waals surface area contributed by atoms with Gasteiger partial charge >= 0.3 is 12.4 Å². The van der Waals surface area contributed by atoms with E-state index in [4.69, 9.17) is 0 Å². The van der Waals surface area contributed by atoms with E-state index < -0.39 is 81.2 Å². The average molecular weight is 599 g/mol. The number of nitrogens with zero attached hydrogens (tertiary/aromatic N) is 2. The fraction of sp³-hybridized carbons (Fsp3) is 0.467. The molecule has 2 aromatic rings. The molecule has 3 atom stereocenters. The number of carbonyl (C=O) groups is 4. The van der Waals surface area contributed by atoms with Crippen molar-refractivity contribution in [1.82, 2.24) is 4.90 Å². The molecule has 6 nitrogen and oxygen atoms in total. The molecule has 42 heavy (non-hydrogen) atoms. The van der Waals surface area contributed by atoms with Crippen LogP contribution in [0.5, 0.6) is 0 Å². The van der Waals surface area contributed by atoms with Crippen LogP contribution in [0.1, 0.15) is 58.2 Å². The van der Waals surface area contributed by atoms with Gasteiger partial charge in [0, 0.05) is 19.0 Å². The van der Waals surface area contributed by atoms with Gasteiger partial charge in [0.05, 0.1) is 22.7 Å². The first-order valence-corrected chi connectivity index (χ1v) is 13.2. The molecule has 0 aromatic heterocycles. The number of benzene rings is 2.